The largest absolute Gasteiger partial charge is 0.454 e. The van der Waals surface area contributed by atoms with Gasteiger partial charge >= 0.3 is 0 Å². The zero-order chi connectivity index (χ0) is 15.0. The minimum Gasteiger partial charge on any atom is -0.454 e. The molecule has 2 aromatic rings. The van der Waals surface area contributed by atoms with E-state index in [1.54, 1.807) is 18.2 Å². The Bertz CT molecular complexity index is 808. The van der Waals surface area contributed by atoms with Crippen LogP contribution in [-0.2, 0) is 10.0 Å². The summed E-state index contributed by atoms with van der Waals surface area (Å²) >= 11 is 3.20. The number of nitrogens with two attached hydrogens (primary N) is 1. The lowest BCUT2D eigenvalue weighted by atomic mass is 10.3. The van der Waals surface area contributed by atoms with E-state index >= 15 is 0 Å². The molecular weight excluding hydrogens is 360 g/mol. The molecule has 110 valence electrons. The summed E-state index contributed by atoms with van der Waals surface area (Å²) in [6.45, 7) is 0.134. The number of rotatable bonds is 3. The maximum absolute atomic E-state index is 12.4. The standard InChI is InChI=1S/C13H11BrN2O4S/c14-10-5-8(15)1-4-13(10)21(17,18)16-9-2-3-11-12(6-9)20-7-19-11/h1-6,16H,7,15H2. The molecule has 0 bridgehead atoms. The van der Waals surface area contributed by atoms with Gasteiger partial charge in [-0.2, -0.15) is 0 Å². The van der Waals surface area contributed by atoms with E-state index in [1.165, 1.54) is 18.2 Å². The molecule has 0 amide bonds. The Morgan fingerprint density at radius 1 is 1.10 bits per heavy atom. The van der Waals surface area contributed by atoms with Crippen molar-refractivity contribution in [3.8, 4) is 11.5 Å². The Morgan fingerprint density at radius 3 is 2.62 bits per heavy atom. The first kappa shape index (κ1) is 14.0. The molecule has 21 heavy (non-hydrogen) atoms. The van der Waals surface area contributed by atoms with E-state index in [9.17, 15) is 8.42 Å². The van der Waals surface area contributed by atoms with Crippen LogP contribution < -0.4 is 19.9 Å². The molecule has 0 aromatic heterocycles. The molecular formula is C13H11BrN2O4S. The first-order valence-electron chi connectivity index (χ1n) is 5.93. The van der Waals surface area contributed by atoms with Crippen molar-refractivity contribution >= 4 is 37.3 Å². The van der Waals surface area contributed by atoms with Gasteiger partial charge in [-0.25, -0.2) is 8.42 Å². The number of hydrogen-bond acceptors (Lipinski definition) is 5. The van der Waals surface area contributed by atoms with Crippen molar-refractivity contribution in [1.82, 2.24) is 0 Å². The number of halogens is 1. The number of ether oxygens (including phenoxy) is 2. The molecule has 2 aromatic carbocycles. The van der Waals surface area contributed by atoms with E-state index in [1.807, 2.05) is 0 Å². The highest BCUT2D eigenvalue weighted by atomic mass is 79.9. The average molecular weight is 371 g/mol. The number of nitrogen functional groups attached to an aromatic ring is 1. The Morgan fingerprint density at radius 2 is 1.86 bits per heavy atom. The Balaban J connectivity index is 1.92. The van der Waals surface area contributed by atoms with Crippen molar-refractivity contribution in [2.24, 2.45) is 0 Å². The molecule has 1 heterocycles. The Hall–Kier alpha value is -1.93. The fraction of sp³-hybridized carbons (Fsp3) is 0.0769. The van der Waals surface area contributed by atoms with Crippen molar-refractivity contribution in [2.75, 3.05) is 17.2 Å². The van der Waals surface area contributed by atoms with E-state index in [0.717, 1.165) is 0 Å². The van der Waals surface area contributed by atoms with Gasteiger partial charge in [-0.1, -0.05) is 0 Å². The predicted octanol–water partition coefficient (Wildman–Crippen LogP) is 2.56. The number of hydrogen-bond donors (Lipinski definition) is 2. The van der Waals surface area contributed by atoms with Gasteiger partial charge in [0.05, 0.1) is 5.69 Å². The highest BCUT2D eigenvalue weighted by molar-refractivity contribution is 9.10. The maximum Gasteiger partial charge on any atom is 0.263 e. The van der Waals surface area contributed by atoms with E-state index in [2.05, 4.69) is 20.7 Å². The van der Waals surface area contributed by atoms with Crippen molar-refractivity contribution in [3.05, 3.63) is 40.9 Å². The second-order valence-electron chi connectivity index (χ2n) is 4.36. The summed E-state index contributed by atoms with van der Waals surface area (Å²) in [5.41, 5.74) is 6.48. The molecule has 3 rings (SSSR count). The minimum atomic E-state index is -3.73. The van der Waals surface area contributed by atoms with Crippen LogP contribution in [0.4, 0.5) is 11.4 Å². The molecule has 1 aliphatic rings. The molecule has 0 fully saturated rings. The average Bonchev–Trinajstić information content (AvgIpc) is 2.85. The molecule has 0 saturated carbocycles. The SMILES string of the molecule is Nc1ccc(S(=O)(=O)Nc2ccc3c(c2)OCO3)c(Br)c1. The van der Waals surface area contributed by atoms with E-state index in [-0.39, 0.29) is 11.7 Å². The van der Waals surface area contributed by atoms with Crippen LogP contribution in [0.2, 0.25) is 0 Å². The third kappa shape index (κ3) is 2.77. The van der Waals surface area contributed by atoms with E-state index in [0.29, 0.717) is 27.3 Å². The summed E-state index contributed by atoms with van der Waals surface area (Å²) in [7, 11) is -3.73. The molecule has 3 N–H and O–H groups in total. The van der Waals surface area contributed by atoms with Crippen molar-refractivity contribution in [2.45, 2.75) is 4.90 Å². The van der Waals surface area contributed by atoms with Gasteiger partial charge in [0.1, 0.15) is 4.90 Å². The molecule has 0 atom stereocenters. The predicted molar refractivity (Wildman–Crippen MR) is 81.9 cm³/mol. The third-order valence-electron chi connectivity index (χ3n) is 2.87. The zero-order valence-corrected chi connectivity index (χ0v) is 13.1. The first-order chi connectivity index (χ1) is 9.95. The number of fused-ring (bicyclic) bond motifs is 1. The molecule has 0 radical (unpaired) electrons. The van der Waals surface area contributed by atoms with Gasteiger partial charge in [0.2, 0.25) is 6.79 Å². The lowest BCUT2D eigenvalue weighted by molar-refractivity contribution is 0.174. The van der Waals surface area contributed by atoms with Gasteiger partial charge in [0.15, 0.2) is 11.5 Å². The van der Waals surface area contributed by atoms with Gasteiger partial charge in [-0.05, 0) is 46.3 Å². The lowest BCUT2D eigenvalue weighted by Gasteiger charge is -2.10. The summed E-state index contributed by atoms with van der Waals surface area (Å²) in [6, 6.07) is 9.33. The van der Waals surface area contributed by atoms with Crippen LogP contribution >= 0.6 is 15.9 Å². The molecule has 1 aliphatic heterocycles. The first-order valence-corrected chi connectivity index (χ1v) is 8.21. The van der Waals surface area contributed by atoms with Crippen LogP contribution in [0.25, 0.3) is 0 Å². The zero-order valence-electron chi connectivity index (χ0n) is 10.7. The van der Waals surface area contributed by atoms with Crippen LogP contribution in [0, 0.1) is 0 Å². The lowest BCUT2D eigenvalue weighted by Crippen LogP contribution is -2.13. The molecule has 0 aliphatic carbocycles. The molecule has 0 saturated heterocycles. The summed E-state index contributed by atoms with van der Waals surface area (Å²) in [6.07, 6.45) is 0. The van der Waals surface area contributed by atoms with Crippen molar-refractivity contribution in [1.29, 1.82) is 0 Å². The van der Waals surface area contributed by atoms with Gasteiger partial charge in [0, 0.05) is 16.2 Å². The number of anilines is 2. The topological polar surface area (TPSA) is 90.7 Å². The second-order valence-corrected chi connectivity index (χ2v) is 6.87. The van der Waals surface area contributed by atoms with Crippen LogP contribution in [-0.4, -0.2) is 15.2 Å². The van der Waals surface area contributed by atoms with Gasteiger partial charge in [-0.15, -0.1) is 0 Å². The quantitative estimate of drug-likeness (QED) is 0.810. The van der Waals surface area contributed by atoms with E-state index in [4.69, 9.17) is 15.2 Å². The molecule has 0 spiro atoms. The monoisotopic (exact) mass is 370 g/mol. The van der Waals surface area contributed by atoms with Crippen LogP contribution in [0.15, 0.2) is 45.8 Å². The smallest absolute Gasteiger partial charge is 0.263 e. The second kappa shape index (κ2) is 5.12. The maximum atomic E-state index is 12.4. The number of nitrogens with one attached hydrogen (secondary N) is 1. The van der Waals surface area contributed by atoms with Gasteiger partial charge < -0.3 is 15.2 Å². The summed E-state index contributed by atoms with van der Waals surface area (Å²) in [5, 5.41) is 0. The highest BCUT2D eigenvalue weighted by Gasteiger charge is 2.20. The Labute approximate surface area is 130 Å². The molecule has 0 unspecified atom stereocenters. The van der Waals surface area contributed by atoms with Crippen LogP contribution in [0.1, 0.15) is 0 Å². The molecule has 8 heteroatoms. The normalized spacial score (nSPS) is 13.2. The van der Waals surface area contributed by atoms with E-state index < -0.39 is 10.0 Å². The highest BCUT2D eigenvalue weighted by Crippen LogP contribution is 2.35. The van der Waals surface area contributed by atoms with Gasteiger partial charge in [-0.3, -0.25) is 4.72 Å². The Kier molecular flexibility index (Phi) is 3.42. The fourth-order valence-corrected chi connectivity index (χ4v) is 4.05. The third-order valence-corrected chi connectivity index (χ3v) is 5.23. The summed E-state index contributed by atoms with van der Waals surface area (Å²) in [4.78, 5) is 0.106. The minimum absolute atomic E-state index is 0.106. The summed E-state index contributed by atoms with van der Waals surface area (Å²) < 4.78 is 38.0. The van der Waals surface area contributed by atoms with Gasteiger partial charge in [0.25, 0.3) is 10.0 Å². The number of benzene rings is 2. The van der Waals surface area contributed by atoms with Crippen molar-refractivity contribution in [3.63, 3.8) is 0 Å². The van der Waals surface area contributed by atoms with Crippen LogP contribution in [0.3, 0.4) is 0 Å². The molecule has 6 nitrogen and oxygen atoms in total. The number of sulfonamides is 1. The van der Waals surface area contributed by atoms with Crippen molar-refractivity contribution < 1.29 is 17.9 Å². The fourth-order valence-electron chi connectivity index (χ4n) is 1.91. The van der Waals surface area contributed by atoms with Crippen LogP contribution in [0.5, 0.6) is 11.5 Å². The summed E-state index contributed by atoms with van der Waals surface area (Å²) in [5.74, 6) is 1.10.